The maximum Gasteiger partial charge on any atom is 0.387 e. The minimum Gasteiger partial charge on any atom is -0.493 e. The minimum atomic E-state index is -3.47. The molecule has 0 unspecified atom stereocenters. The van der Waals surface area contributed by atoms with Crippen LogP contribution in [0.2, 0.25) is 0 Å². The Hall–Kier alpha value is -2.88. The molecule has 1 amide bonds. The fourth-order valence-corrected chi connectivity index (χ4v) is 3.18. The first kappa shape index (κ1) is 22.4. The number of rotatable bonds is 9. The van der Waals surface area contributed by atoms with Crippen LogP contribution >= 0.6 is 0 Å². The molecule has 2 aromatic rings. The second kappa shape index (κ2) is 9.55. The number of carbonyl (C=O) groups excluding carboxylic acids is 1. The summed E-state index contributed by atoms with van der Waals surface area (Å²) >= 11 is 0. The lowest BCUT2D eigenvalue weighted by molar-refractivity contribution is -0.0512. The third-order valence-electron chi connectivity index (χ3n) is 3.94. The largest absolute Gasteiger partial charge is 0.493 e. The van der Waals surface area contributed by atoms with Crippen LogP contribution in [0.5, 0.6) is 11.5 Å². The summed E-state index contributed by atoms with van der Waals surface area (Å²) in [6.45, 7) is -1.02. The number of hydrogen-bond acceptors (Lipinski definition) is 5. The first-order valence-electron chi connectivity index (χ1n) is 8.57. The van der Waals surface area contributed by atoms with Crippen molar-refractivity contribution < 1.29 is 31.5 Å². The third-order valence-corrected chi connectivity index (χ3v) is 4.53. The maximum atomic E-state index is 12.5. The number of amides is 1. The van der Waals surface area contributed by atoms with Crippen molar-refractivity contribution in [1.29, 1.82) is 0 Å². The van der Waals surface area contributed by atoms with Crippen molar-refractivity contribution in [2.24, 2.45) is 0 Å². The molecule has 0 saturated carbocycles. The first-order valence-corrected chi connectivity index (χ1v) is 10.5. The molecule has 0 aliphatic carbocycles. The van der Waals surface area contributed by atoms with Crippen molar-refractivity contribution in [3.63, 3.8) is 0 Å². The molecular weight excluding hydrogens is 406 g/mol. The fraction of sp³-hybridized carbons (Fsp3) is 0.316. The van der Waals surface area contributed by atoms with Crippen molar-refractivity contribution >= 4 is 21.6 Å². The van der Waals surface area contributed by atoms with E-state index >= 15 is 0 Å². The molecule has 0 spiro atoms. The van der Waals surface area contributed by atoms with Crippen molar-refractivity contribution in [3.8, 4) is 11.5 Å². The number of hydrogen-bond donors (Lipinski definition) is 2. The van der Waals surface area contributed by atoms with E-state index in [-0.39, 0.29) is 24.0 Å². The molecule has 2 aromatic carbocycles. The molecule has 0 aliphatic rings. The number of anilines is 1. The molecule has 158 valence electrons. The molecule has 2 N–H and O–H groups in total. The molecule has 0 radical (unpaired) electrons. The molecule has 10 heteroatoms. The Morgan fingerprint density at radius 1 is 1.14 bits per heavy atom. The van der Waals surface area contributed by atoms with Gasteiger partial charge < -0.3 is 14.8 Å². The van der Waals surface area contributed by atoms with Gasteiger partial charge in [-0.25, -0.2) is 8.42 Å². The highest BCUT2D eigenvalue weighted by molar-refractivity contribution is 7.92. The van der Waals surface area contributed by atoms with Gasteiger partial charge in [-0.15, -0.1) is 0 Å². The lowest BCUT2D eigenvalue weighted by Gasteiger charge is -2.12. The maximum absolute atomic E-state index is 12.5. The third kappa shape index (κ3) is 6.90. The highest BCUT2D eigenvalue weighted by atomic mass is 32.2. The standard InChI is InChI=1S/C19H22F2N2O5S/c1-12-4-6-14(11-15(12)23-29(3,25)26)18(24)22-9-8-13-5-7-16(27-2)17(10-13)28-19(20)21/h4-7,10-11,19,23H,8-9H2,1-3H3,(H,22,24). The van der Waals surface area contributed by atoms with Gasteiger partial charge in [0, 0.05) is 12.1 Å². The van der Waals surface area contributed by atoms with E-state index in [4.69, 9.17) is 4.74 Å². The predicted molar refractivity (Wildman–Crippen MR) is 105 cm³/mol. The smallest absolute Gasteiger partial charge is 0.387 e. The summed E-state index contributed by atoms with van der Waals surface area (Å²) in [5.74, 6) is -0.288. The summed E-state index contributed by atoms with van der Waals surface area (Å²) in [6, 6.07) is 9.30. The Bertz CT molecular complexity index is 981. The number of aryl methyl sites for hydroxylation is 1. The highest BCUT2D eigenvalue weighted by Gasteiger charge is 2.13. The number of methoxy groups -OCH3 is 1. The van der Waals surface area contributed by atoms with Crippen molar-refractivity contribution in [3.05, 3.63) is 53.1 Å². The molecule has 0 aromatic heterocycles. The van der Waals surface area contributed by atoms with E-state index in [0.717, 1.165) is 6.26 Å². The molecule has 0 bridgehead atoms. The van der Waals surface area contributed by atoms with E-state index in [0.29, 0.717) is 28.8 Å². The summed E-state index contributed by atoms with van der Waals surface area (Å²) in [4.78, 5) is 12.3. The van der Waals surface area contributed by atoms with Crippen LogP contribution in [0.15, 0.2) is 36.4 Å². The zero-order chi connectivity index (χ0) is 21.6. The Balaban J connectivity index is 2.02. The van der Waals surface area contributed by atoms with Crippen LogP contribution in [-0.2, 0) is 16.4 Å². The van der Waals surface area contributed by atoms with Gasteiger partial charge in [-0.3, -0.25) is 9.52 Å². The molecule has 7 nitrogen and oxygen atoms in total. The van der Waals surface area contributed by atoms with Gasteiger partial charge in [0.2, 0.25) is 10.0 Å². The average molecular weight is 428 g/mol. The van der Waals surface area contributed by atoms with E-state index in [1.807, 2.05) is 0 Å². The van der Waals surface area contributed by atoms with Gasteiger partial charge in [-0.2, -0.15) is 8.78 Å². The second-order valence-corrected chi connectivity index (χ2v) is 8.02. The van der Waals surface area contributed by atoms with Crippen molar-refractivity contribution in [1.82, 2.24) is 5.32 Å². The summed E-state index contributed by atoms with van der Waals surface area (Å²) in [5, 5.41) is 2.71. The lowest BCUT2D eigenvalue weighted by atomic mass is 10.1. The van der Waals surface area contributed by atoms with E-state index in [1.54, 1.807) is 25.1 Å². The van der Waals surface area contributed by atoms with Crippen LogP contribution in [0.1, 0.15) is 21.5 Å². The monoisotopic (exact) mass is 428 g/mol. The molecule has 0 fully saturated rings. The van der Waals surface area contributed by atoms with E-state index < -0.39 is 16.6 Å². The molecule has 29 heavy (non-hydrogen) atoms. The topological polar surface area (TPSA) is 93.7 Å². The number of benzene rings is 2. The van der Waals surface area contributed by atoms with Crippen molar-refractivity contribution in [2.75, 3.05) is 24.6 Å². The van der Waals surface area contributed by atoms with Crippen LogP contribution in [0.4, 0.5) is 14.5 Å². The number of ether oxygens (including phenoxy) is 2. The van der Waals surface area contributed by atoms with Crippen LogP contribution in [0.3, 0.4) is 0 Å². The molecule has 0 saturated heterocycles. The second-order valence-electron chi connectivity index (χ2n) is 6.27. The number of carbonyl (C=O) groups is 1. The van der Waals surface area contributed by atoms with Gasteiger partial charge in [0.05, 0.1) is 19.1 Å². The van der Waals surface area contributed by atoms with Crippen LogP contribution in [-0.4, -0.2) is 40.8 Å². The quantitative estimate of drug-likeness (QED) is 0.641. The number of nitrogens with one attached hydrogen (secondary N) is 2. The Morgan fingerprint density at radius 3 is 2.48 bits per heavy atom. The molecular formula is C19H22F2N2O5S. The number of halogens is 2. The van der Waals surface area contributed by atoms with Crippen LogP contribution in [0.25, 0.3) is 0 Å². The number of alkyl halides is 2. The van der Waals surface area contributed by atoms with E-state index in [1.165, 1.54) is 25.3 Å². The van der Waals surface area contributed by atoms with Gasteiger partial charge >= 0.3 is 6.61 Å². The fourth-order valence-electron chi connectivity index (χ4n) is 2.56. The van der Waals surface area contributed by atoms with Gasteiger partial charge in [-0.1, -0.05) is 12.1 Å². The Kier molecular flexibility index (Phi) is 7.38. The molecule has 0 heterocycles. The minimum absolute atomic E-state index is 0.0821. The highest BCUT2D eigenvalue weighted by Crippen LogP contribution is 2.29. The SMILES string of the molecule is COc1ccc(CCNC(=O)c2ccc(C)c(NS(C)(=O)=O)c2)cc1OC(F)F. The van der Waals surface area contributed by atoms with Gasteiger partial charge in [0.15, 0.2) is 11.5 Å². The Labute approximate surface area is 168 Å². The van der Waals surface area contributed by atoms with Gasteiger partial charge in [0.25, 0.3) is 5.91 Å². The van der Waals surface area contributed by atoms with E-state index in [9.17, 15) is 22.0 Å². The Morgan fingerprint density at radius 2 is 1.86 bits per heavy atom. The normalized spacial score (nSPS) is 11.2. The van der Waals surface area contributed by atoms with Crippen LogP contribution in [0, 0.1) is 6.92 Å². The molecule has 2 rings (SSSR count). The zero-order valence-electron chi connectivity index (χ0n) is 16.2. The van der Waals surface area contributed by atoms with Crippen LogP contribution < -0.4 is 19.5 Å². The zero-order valence-corrected chi connectivity index (χ0v) is 17.0. The van der Waals surface area contributed by atoms with Crippen molar-refractivity contribution in [2.45, 2.75) is 20.0 Å². The molecule has 0 aliphatic heterocycles. The summed E-state index contributed by atoms with van der Waals surface area (Å²) in [7, 11) is -2.12. The van der Waals surface area contributed by atoms with Gasteiger partial charge in [-0.05, 0) is 48.7 Å². The summed E-state index contributed by atoms with van der Waals surface area (Å²) in [5.41, 5.74) is 1.96. The average Bonchev–Trinajstić information content (AvgIpc) is 2.62. The predicted octanol–water partition coefficient (Wildman–Crippen LogP) is 2.95. The molecule has 0 atom stereocenters. The number of sulfonamides is 1. The van der Waals surface area contributed by atoms with E-state index in [2.05, 4.69) is 14.8 Å². The summed E-state index contributed by atoms with van der Waals surface area (Å²) < 4.78 is 59.6. The summed E-state index contributed by atoms with van der Waals surface area (Å²) in [6.07, 6.45) is 1.40. The lowest BCUT2D eigenvalue weighted by Crippen LogP contribution is -2.26. The first-order chi connectivity index (χ1) is 13.6. The van der Waals surface area contributed by atoms with Gasteiger partial charge in [0.1, 0.15) is 0 Å².